The van der Waals surface area contributed by atoms with Crippen molar-refractivity contribution >= 4 is 11.5 Å². The molecule has 0 aliphatic rings. The smallest absolute Gasteiger partial charge is 0.290 e. The Hall–Kier alpha value is -1.69. The molecule has 1 aromatic heterocycles. The van der Waals surface area contributed by atoms with Gasteiger partial charge in [0, 0.05) is 19.2 Å². The number of aromatic nitrogens is 1. The van der Waals surface area contributed by atoms with Gasteiger partial charge >= 0.3 is 0 Å². The highest BCUT2D eigenvalue weighted by Crippen LogP contribution is 2.18. The average molecular weight is 253 g/mol. The van der Waals surface area contributed by atoms with E-state index in [9.17, 15) is 10.1 Å². The molecule has 0 amide bonds. The van der Waals surface area contributed by atoms with Crippen LogP contribution in [0.1, 0.15) is 26.5 Å². The molecule has 0 aliphatic carbocycles. The van der Waals surface area contributed by atoms with E-state index in [0.29, 0.717) is 24.7 Å². The van der Waals surface area contributed by atoms with Gasteiger partial charge in [-0.15, -0.1) is 0 Å². The van der Waals surface area contributed by atoms with Crippen LogP contribution >= 0.6 is 0 Å². The van der Waals surface area contributed by atoms with Crippen LogP contribution in [0.4, 0.5) is 11.5 Å². The Morgan fingerprint density at radius 3 is 2.67 bits per heavy atom. The van der Waals surface area contributed by atoms with E-state index in [1.54, 1.807) is 13.0 Å². The summed E-state index contributed by atoms with van der Waals surface area (Å²) in [6.07, 6.45) is 0. The van der Waals surface area contributed by atoms with E-state index in [0.717, 1.165) is 0 Å². The molecule has 0 unspecified atom stereocenters. The number of aryl methyl sites for hydroxylation is 1. The maximum atomic E-state index is 10.7. The Balaban J connectivity index is 2.70. The van der Waals surface area contributed by atoms with Crippen molar-refractivity contribution in [2.45, 2.75) is 33.3 Å². The molecule has 0 fully saturated rings. The molecule has 0 aliphatic heterocycles. The number of nitrogens with one attached hydrogen (secondary N) is 1. The van der Waals surface area contributed by atoms with Crippen LogP contribution in [0, 0.1) is 17.0 Å². The van der Waals surface area contributed by atoms with Gasteiger partial charge in [0.1, 0.15) is 11.5 Å². The molecular weight excluding hydrogens is 234 g/mol. The second kappa shape index (κ2) is 5.77. The highest BCUT2D eigenvalue weighted by atomic mass is 16.6. The van der Waals surface area contributed by atoms with Crippen molar-refractivity contribution < 1.29 is 9.66 Å². The molecule has 0 aromatic carbocycles. The lowest BCUT2D eigenvalue weighted by molar-refractivity contribution is -0.385. The quantitative estimate of drug-likeness (QED) is 0.622. The fourth-order valence-corrected chi connectivity index (χ4v) is 1.59. The van der Waals surface area contributed by atoms with Gasteiger partial charge < -0.3 is 10.1 Å². The minimum absolute atomic E-state index is 0.0321. The first-order chi connectivity index (χ1) is 8.35. The van der Waals surface area contributed by atoms with Crippen LogP contribution in [0.2, 0.25) is 0 Å². The largest absolute Gasteiger partial charge is 0.374 e. The highest BCUT2D eigenvalue weighted by Gasteiger charge is 2.18. The summed E-state index contributed by atoms with van der Waals surface area (Å²) in [5.74, 6) is 0.617. The molecule has 0 saturated carbocycles. The van der Waals surface area contributed by atoms with Gasteiger partial charge in [-0.1, -0.05) is 0 Å². The van der Waals surface area contributed by atoms with Crippen LogP contribution in [-0.2, 0) is 4.74 Å². The van der Waals surface area contributed by atoms with E-state index in [2.05, 4.69) is 10.3 Å². The number of nitro groups is 1. The van der Waals surface area contributed by atoms with Crippen LogP contribution < -0.4 is 5.32 Å². The first-order valence-corrected chi connectivity index (χ1v) is 5.85. The predicted octanol–water partition coefficient (Wildman–Crippen LogP) is 2.53. The zero-order valence-corrected chi connectivity index (χ0v) is 11.2. The van der Waals surface area contributed by atoms with Crippen LogP contribution in [0.5, 0.6) is 0 Å². The average Bonchev–Trinajstić information content (AvgIpc) is 2.26. The van der Waals surface area contributed by atoms with Crippen molar-refractivity contribution in [2.24, 2.45) is 0 Å². The molecule has 0 radical (unpaired) electrons. The van der Waals surface area contributed by atoms with Crippen LogP contribution in [0.25, 0.3) is 0 Å². The van der Waals surface area contributed by atoms with Crippen molar-refractivity contribution in [3.8, 4) is 0 Å². The maximum Gasteiger partial charge on any atom is 0.290 e. The molecule has 0 atom stereocenters. The first kappa shape index (κ1) is 14.4. The molecule has 1 N–H and O–H groups in total. The number of anilines is 1. The minimum Gasteiger partial charge on any atom is -0.374 e. The first-order valence-electron chi connectivity index (χ1n) is 5.85. The monoisotopic (exact) mass is 253 g/mol. The molecule has 1 rings (SSSR count). The van der Waals surface area contributed by atoms with Gasteiger partial charge in [0.25, 0.3) is 5.69 Å². The predicted molar refractivity (Wildman–Crippen MR) is 69.8 cm³/mol. The van der Waals surface area contributed by atoms with Crippen LogP contribution in [-0.4, -0.2) is 28.7 Å². The fourth-order valence-electron chi connectivity index (χ4n) is 1.59. The second-order valence-electron chi connectivity index (χ2n) is 4.60. The Bertz CT molecular complexity index is 433. The van der Waals surface area contributed by atoms with E-state index in [1.807, 2.05) is 20.8 Å². The SMILES string of the molecule is CCOC(C)(C)CNc1ccc([N+](=O)[O-])c(C)n1. The van der Waals surface area contributed by atoms with Gasteiger partial charge in [-0.2, -0.15) is 0 Å². The Morgan fingerprint density at radius 2 is 2.17 bits per heavy atom. The third kappa shape index (κ3) is 3.96. The topological polar surface area (TPSA) is 77.3 Å². The van der Waals surface area contributed by atoms with E-state index in [4.69, 9.17) is 4.74 Å². The zero-order chi connectivity index (χ0) is 13.8. The van der Waals surface area contributed by atoms with E-state index >= 15 is 0 Å². The number of pyridine rings is 1. The fraction of sp³-hybridized carbons (Fsp3) is 0.583. The van der Waals surface area contributed by atoms with Gasteiger partial charge in [0.15, 0.2) is 0 Å². The number of nitrogens with zero attached hydrogens (tertiary/aromatic N) is 2. The Morgan fingerprint density at radius 1 is 1.50 bits per heavy atom. The van der Waals surface area contributed by atoms with Gasteiger partial charge in [0.05, 0.1) is 10.5 Å². The lowest BCUT2D eigenvalue weighted by atomic mass is 10.1. The van der Waals surface area contributed by atoms with Crippen molar-refractivity contribution in [3.05, 3.63) is 27.9 Å². The molecule has 100 valence electrons. The summed E-state index contributed by atoms with van der Waals surface area (Å²) < 4.78 is 5.54. The van der Waals surface area contributed by atoms with Crippen LogP contribution in [0.15, 0.2) is 12.1 Å². The summed E-state index contributed by atoms with van der Waals surface area (Å²) in [6, 6.07) is 3.06. The normalized spacial score (nSPS) is 11.3. The molecule has 6 nitrogen and oxygen atoms in total. The molecule has 1 heterocycles. The van der Waals surface area contributed by atoms with Gasteiger partial charge in [-0.3, -0.25) is 10.1 Å². The summed E-state index contributed by atoms with van der Waals surface area (Å²) in [5, 5.41) is 13.8. The molecule has 18 heavy (non-hydrogen) atoms. The number of hydrogen-bond donors (Lipinski definition) is 1. The minimum atomic E-state index is -0.434. The lowest BCUT2D eigenvalue weighted by Crippen LogP contribution is -2.33. The zero-order valence-electron chi connectivity index (χ0n) is 11.2. The number of ether oxygens (including phenoxy) is 1. The van der Waals surface area contributed by atoms with Crippen molar-refractivity contribution in [3.63, 3.8) is 0 Å². The highest BCUT2D eigenvalue weighted by molar-refractivity contribution is 5.44. The van der Waals surface area contributed by atoms with E-state index in [1.165, 1.54) is 6.07 Å². The van der Waals surface area contributed by atoms with E-state index < -0.39 is 4.92 Å². The molecule has 0 spiro atoms. The number of rotatable bonds is 6. The molecule has 0 saturated heterocycles. The van der Waals surface area contributed by atoms with E-state index in [-0.39, 0.29) is 11.3 Å². The summed E-state index contributed by atoms with van der Waals surface area (Å²) in [6.45, 7) is 8.74. The van der Waals surface area contributed by atoms with Crippen LogP contribution in [0.3, 0.4) is 0 Å². The summed E-state index contributed by atoms with van der Waals surface area (Å²) in [7, 11) is 0. The lowest BCUT2D eigenvalue weighted by Gasteiger charge is -2.25. The number of hydrogen-bond acceptors (Lipinski definition) is 5. The second-order valence-corrected chi connectivity index (χ2v) is 4.60. The maximum absolute atomic E-state index is 10.7. The Labute approximate surface area is 107 Å². The van der Waals surface area contributed by atoms with Crippen molar-refractivity contribution in [1.82, 2.24) is 4.98 Å². The summed E-state index contributed by atoms with van der Waals surface area (Å²) in [5.41, 5.74) is 0.135. The van der Waals surface area contributed by atoms with Crippen molar-refractivity contribution in [2.75, 3.05) is 18.5 Å². The molecule has 6 heteroatoms. The molecule has 1 aromatic rings. The van der Waals surface area contributed by atoms with Crippen molar-refractivity contribution in [1.29, 1.82) is 0 Å². The summed E-state index contributed by atoms with van der Waals surface area (Å²) >= 11 is 0. The molecule has 0 bridgehead atoms. The van der Waals surface area contributed by atoms with Gasteiger partial charge in [0.2, 0.25) is 0 Å². The third-order valence-corrected chi connectivity index (χ3v) is 2.48. The standard InChI is InChI=1S/C12H19N3O3/c1-5-18-12(3,4)8-13-11-7-6-10(15(16)17)9(2)14-11/h6-7H,5,8H2,1-4H3,(H,13,14). The van der Waals surface area contributed by atoms with Gasteiger partial charge in [-0.05, 0) is 33.8 Å². The molecular formula is C12H19N3O3. The summed E-state index contributed by atoms with van der Waals surface area (Å²) in [4.78, 5) is 14.4. The van der Waals surface area contributed by atoms with Gasteiger partial charge in [-0.25, -0.2) is 4.98 Å². The Kier molecular flexibility index (Phi) is 4.61. The third-order valence-electron chi connectivity index (χ3n) is 2.48.